The van der Waals surface area contributed by atoms with Gasteiger partial charge in [-0.15, -0.1) is 22.7 Å². The number of hydrogen-bond acceptors (Lipinski definition) is 8. The van der Waals surface area contributed by atoms with Gasteiger partial charge >= 0.3 is 0 Å². The highest BCUT2D eigenvalue weighted by atomic mass is 32.1. The monoisotopic (exact) mass is 1430 g/mol. The molecule has 110 heavy (non-hydrogen) atoms. The number of nitrogens with zero attached hydrogens (tertiary/aromatic N) is 6. The van der Waals surface area contributed by atoms with Crippen molar-refractivity contribution in [2.45, 2.75) is 0 Å². The Bertz CT molecular complexity index is 8020. The minimum atomic E-state index is 0.920. The predicted octanol–water partition coefficient (Wildman–Crippen LogP) is 28.3. The maximum absolute atomic E-state index is 5.39. The van der Waals surface area contributed by atoms with Gasteiger partial charge in [-0.2, -0.15) is 0 Å². The second kappa shape index (κ2) is 24.8. The Hall–Kier alpha value is -14.0. The van der Waals surface area contributed by atoms with Gasteiger partial charge in [0.1, 0.15) is 0 Å². The minimum absolute atomic E-state index is 0.920. The summed E-state index contributed by atoms with van der Waals surface area (Å²) >= 11 is 3.76. The molecule has 24 aromatic rings. The van der Waals surface area contributed by atoms with Gasteiger partial charge in [0.2, 0.25) is 0 Å². The van der Waals surface area contributed by atoms with Crippen LogP contribution in [0.2, 0.25) is 0 Å². The van der Waals surface area contributed by atoms with Crippen LogP contribution in [0.3, 0.4) is 0 Å². The maximum atomic E-state index is 5.39. The summed E-state index contributed by atoms with van der Waals surface area (Å²) < 4.78 is 5.25. The Morgan fingerprint density at radius 1 is 0.200 bits per heavy atom. The molecular formula is C102H58N6S2. The van der Waals surface area contributed by atoms with E-state index in [2.05, 4.69) is 320 Å². The molecule has 0 unspecified atom stereocenters. The van der Waals surface area contributed by atoms with Gasteiger partial charge in [0, 0.05) is 130 Å². The molecule has 0 aliphatic rings. The van der Waals surface area contributed by atoms with Crippen molar-refractivity contribution in [3.8, 4) is 67.0 Å². The molecule has 0 saturated carbocycles. The van der Waals surface area contributed by atoms with Gasteiger partial charge in [-0.1, -0.05) is 255 Å². The molecule has 8 heterocycles. The van der Waals surface area contributed by atoms with Crippen LogP contribution in [0.4, 0.5) is 0 Å². The highest BCUT2D eigenvalue weighted by molar-refractivity contribution is 7.27. The van der Waals surface area contributed by atoms with Crippen LogP contribution in [-0.4, -0.2) is 29.9 Å². The van der Waals surface area contributed by atoms with Gasteiger partial charge < -0.3 is 0 Å². The van der Waals surface area contributed by atoms with E-state index in [9.17, 15) is 0 Å². The Morgan fingerprint density at radius 3 is 1.21 bits per heavy atom. The van der Waals surface area contributed by atoms with Crippen LogP contribution in [0.15, 0.2) is 352 Å². The summed E-state index contributed by atoms with van der Waals surface area (Å²) in [5, 5.41) is 26.7. The number of pyridine rings is 6. The summed E-state index contributed by atoms with van der Waals surface area (Å²) in [6, 6.07) is 119. The molecule has 16 aromatic carbocycles. The first-order chi connectivity index (χ1) is 54.5. The number of fused-ring (bicyclic) bond motifs is 25. The number of aromatic nitrogens is 6. The van der Waals surface area contributed by atoms with Gasteiger partial charge in [-0.25, -0.2) is 9.97 Å². The molecule has 0 atom stereocenters. The fourth-order valence-electron chi connectivity index (χ4n) is 17.7. The molecule has 0 fully saturated rings. The zero-order chi connectivity index (χ0) is 72.1. The van der Waals surface area contributed by atoms with Crippen molar-refractivity contribution in [2.24, 2.45) is 0 Å². The third-order valence-corrected chi connectivity index (χ3v) is 25.0. The lowest BCUT2D eigenvalue weighted by Crippen LogP contribution is -1.94. The van der Waals surface area contributed by atoms with E-state index in [1.54, 1.807) is 0 Å². The Kier molecular flexibility index (Phi) is 14.0. The number of hydrogen-bond donors (Lipinski definition) is 0. The van der Waals surface area contributed by atoms with Crippen LogP contribution >= 0.6 is 22.7 Å². The number of thiophene rings is 2. The minimum Gasteiger partial charge on any atom is -0.254 e. The zero-order valence-corrected chi connectivity index (χ0v) is 60.6. The van der Waals surface area contributed by atoms with E-state index in [0.29, 0.717) is 0 Å². The lowest BCUT2D eigenvalue weighted by Gasteiger charge is -2.19. The van der Waals surface area contributed by atoms with Crippen molar-refractivity contribution in [1.29, 1.82) is 0 Å². The number of para-hydroxylation sites is 2. The quantitative estimate of drug-likeness (QED) is 0.122. The molecule has 0 aliphatic heterocycles. The summed E-state index contributed by atoms with van der Waals surface area (Å²) in [7, 11) is 0. The molecule has 0 amide bonds. The molecule has 0 saturated heterocycles. The standard InChI is InChI=1S/2C51H29N3S/c1-3-17-36-34(15-1)45(35-16-2-4-18-37(35)46(36)38-26-28-53-50-39(38)23-22-30-13-10-27-52-49(30)50)31-11-9-12-32(29-31)48-42-25-24-40-33-14-6-8-21-44(33)55-51(40)47(42)41-19-5-7-20-43(41)54-48;1-3-12-45-42(11-1)47-43(23-22-41-39-10-2-4-13-46(39)55-51(41)47)48(54-45)36-8-5-7-32(27-36)33-16-14-30-15-17-34-28-35(19-20-37(34)44(30)29-33)38-24-26-53-50-40(38)21-18-31-9-6-25-52-49(31)50/h2*1-29H. The molecule has 24 rings (SSSR count). The van der Waals surface area contributed by atoms with Gasteiger partial charge in [0.05, 0.1) is 44.5 Å². The largest absolute Gasteiger partial charge is 0.254 e. The summed E-state index contributed by atoms with van der Waals surface area (Å²) in [5.41, 5.74) is 19.4. The molecule has 8 aromatic heterocycles. The van der Waals surface area contributed by atoms with Crippen LogP contribution < -0.4 is 0 Å². The Balaban J connectivity index is 0.000000132. The van der Waals surface area contributed by atoms with Gasteiger partial charge in [0.25, 0.3) is 0 Å². The molecule has 0 N–H and O–H groups in total. The molecule has 8 heteroatoms. The van der Waals surface area contributed by atoms with Crippen LogP contribution in [0.25, 0.3) is 237 Å². The average Bonchev–Trinajstić information content (AvgIpc) is 1.27. The SMILES string of the molecule is c1cc(-c2c3ccccc3c(-c3ccnc4c3ccc3cccnc34)c3ccccc23)cc(-c2nc3ccccc3c3c2ccc2c4ccccc4sc23)c1.c1cc(-c2ccc3ccc4cc(-c5ccnc6c5ccc5cccnc56)ccc4c3c2)cc(-c2nc3ccccc3c3c2ccc2c4ccccc4sc23)c1. The van der Waals surface area contributed by atoms with Crippen LogP contribution in [-0.2, 0) is 0 Å². The molecule has 0 radical (unpaired) electrons. The van der Waals surface area contributed by atoms with Crippen molar-refractivity contribution in [3.63, 3.8) is 0 Å². The Labute approximate surface area is 637 Å². The molecule has 508 valence electrons. The highest BCUT2D eigenvalue weighted by Gasteiger charge is 2.23. The zero-order valence-electron chi connectivity index (χ0n) is 59.0. The second-order valence-electron chi connectivity index (χ2n) is 28.6. The van der Waals surface area contributed by atoms with Gasteiger partial charge in [-0.05, 0) is 160 Å². The van der Waals surface area contributed by atoms with Crippen molar-refractivity contribution in [1.82, 2.24) is 29.9 Å². The van der Waals surface area contributed by atoms with Crippen LogP contribution in [0, 0.1) is 0 Å². The van der Waals surface area contributed by atoms with E-state index >= 15 is 0 Å². The van der Waals surface area contributed by atoms with Crippen molar-refractivity contribution >= 4 is 193 Å². The predicted molar refractivity (Wildman–Crippen MR) is 468 cm³/mol. The van der Waals surface area contributed by atoms with Crippen LogP contribution in [0.1, 0.15) is 0 Å². The molecular weight excluding hydrogens is 1370 g/mol. The first kappa shape index (κ1) is 62.2. The third kappa shape index (κ3) is 9.73. The topological polar surface area (TPSA) is 77.3 Å². The van der Waals surface area contributed by atoms with E-state index in [4.69, 9.17) is 24.9 Å². The molecule has 0 bridgehead atoms. The van der Waals surface area contributed by atoms with Crippen molar-refractivity contribution in [2.75, 3.05) is 0 Å². The van der Waals surface area contributed by atoms with E-state index in [1.807, 2.05) is 59.6 Å². The van der Waals surface area contributed by atoms with Crippen LogP contribution in [0.5, 0.6) is 0 Å². The summed E-state index contributed by atoms with van der Waals surface area (Å²) in [5.74, 6) is 0. The maximum Gasteiger partial charge on any atom is 0.0970 e. The van der Waals surface area contributed by atoms with E-state index in [1.165, 1.54) is 144 Å². The number of benzene rings is 16. The Morgan fingerprint density at radius 2 is 0.618 bits per heavy atom. The summed E-state index contributed by atoms with van der Waals surface area (Å²) in [6.07, 6.45) is 7.52. The summed E-state index contributed by atoms with van der Waals surface area (Å²) in [4.78, 5) is 29.7. The van der Waals surface area contributed by atoms with E-state index < -0.39 is 0 Å². The summed E-state index contributed by atoms with van der Waals surface area (Å²) in [6.45, 7) is 0. The van der Waals surface area contributed by atoms with Gasteiger partial charge in [-0.3, -0.25) is 19.9 Å². The smallest absolute Gasteiger partial charge is 0.0970 e. The highest BCUT2D eigenvalue weighted by Crippen LogP contribution is 2.50. The number of rotatable bonds is 6. The van der Waals surface area contributed by atoms with E-state index in [-0.39, 0.29) is 0 Å². The first-order valence-corrected chi connectivity index (χ1v) is 38.8. The lowest BCUT2D eigenvalue weighted by atomic mass is 9.84. The second-order valence-corrected chi connectivity index (χ2v) is 30.7. The van der Waals surface area contributed by atoms with Gasteiger partial charge in [0.15, 0.2) is 0 Å². The fourth-order valence-corrected chi connectivity index (χ4v) is 20.2. The average molecular weight is 1430 g/mol. The fraction of sp³-hybridized carbons (Fsp3) is 0. The lowest BCUT2D eigenvalue weighted by molar-refractivity contribution is 1.37. The third-order valence-electron chi connectivity index (χ3n) is 22.6. The normalized spacial score (nSPS) is 12.0. The van der Waals surface area contributed by atoms with Crippen molar-refractivity contribution < 1.29 is 0 Å². The molecule has 0 spiro atoms. The van der Waals surface area contributed by atoms with Crippen molar-refractivity contribution in [3.05, 3.63) is 352 Å². The van der Waals surface area contributed by atoms with E-state index in [0.717, 1.165) is 93.9 Å². The molecule has 6 nitrogen and oxygen atoms in total. The first-order valence-electron chi connectivity index (χ1n) is 37.2. The molecule has 0 aliphatic carbocycles.